The molecule has 0 unspecified atom stereocenters. The fourth-order valence-electron chi connectivity index (χ4n) is 6.48. The fraction of sp³-hybridized carbons (Fsp3) is 0.522. The lowest BCUT2D eigenvalue weighted by molar-refractivity contribution is -0.116. The fourth-order valence-corrected chi connectivity index (χ4v) is 6.48. The molecule has 0 radical (unpaired) electrons. The van der Waals surface area contributed by atoms with Gasteiger partial charge in [0, 0.05) is 24.8 Å². The average Bonchev–Trinajstić information content (AvgIpc) is 2.67. The molecule has 2 aromatic rings. The molecule has 3 N–H and O–H groups in total. The van der Waals surface area contributed by atoms with E-state index in [1.165, 1.54) is 54.9 Å². The molecule has 0 saturated heterocycles. The van der Waals surface area contributed by atoms with Gasteiger partial charge in [-0.1, -0.05) is 12.1 Å². The van der Waals surface area contributed by atoms with E-state index in [0.717, 1.165) is 23.4 Å². The van der Waals surface area contributed by atoms with Crippen molar-refractivity contribution in [3.05, 3.63) is 52.6 Å². The summed E-state index contributed by atoms with van der Waals surface area (Å²) in [5.74, 6) is 2.94. The Kier molecular flexibility index (Phi) is 4.45. The number of anilines is 2. The van der Waals surface area contributed by atoms with Gasteiger partial charge in [-0.25, -0.2) is 9.78 Å². The van der Waals surface area contributed by atoms with Crippen LogP contribution >= 0.6 is 0 Å². The zero-order valence-electron chi connectivity index (χ0n) is 16.6. The van der Waals surface area contributed by atoms with Crippen molar-refractivity contribution < 1.29 is 4.79 Å². The minimum absolute atomic E-state index is 0.136. The van der Waals surface area contributed by atoms with Crippen LogP contribution < -0.4 is 16.7 Å². The molecule has 6 nitrogen and oxygen atoms in total. The highest BCUT2D eigenvalue weighted by Crippen LogP contribution is 2.60. The van der Waals surface area contributed by atoms with Crippen LogP contribution in [0, 0.1) is 17.8 Å². The number of hydrogen-bond donors (Lipinski definition) is 2. The third-order valence-electron chi connectivity index (χ3n) is 7.35. The predicted molar refractivity (Wildman–Crippen MR) is 112 cm³/mol. The van der Waals surface area contributed by atoms with Crippen molar-refractivity contribution in [1.29, 1.82) is 0 Å². The van der Waals surface area contributed by atoms with E-state index in [4.69, 9.17) is 5.73 Å². The summed E-state index contributed by atoms with van der Waals surface area (Å²) in [6, 6.07) is 10.0. The van der Waals surface area contributed by atoms with Crippen LogP contribution in [-0.2, 0) is 16.8 Å². The summed E-state index contributed by atoms with van der Waals surface area (Å²) in [6.07, 6.45) is 9.89. The van der Waals surface area contributed by atoms with E-state index >= 15 is 0 Å². The van der Waals surface area contributed by atoms with E-state index in [2.05, 4.69) is 22.4 Å². The van der Waals surface area contributed by atoms with E-state index in [0.29, 0.717) is 11.2 Å². The number of nitrogens with one attached hydrogen (secondary N) is 1. The first-order valence-electron chi connectivity index (χ1n) is 10.7. The zero-order chi connectivity index (χ0) is 20.0. The Morgan fingerprint density at radius 3 is 2.28 bits per heavy atom. The molecule has 0 spiro atoms. The van der Waals surface area contributed by atoms with Crippen molar-refractivity contribution in [3.63, 3.8) is 0 Å². The molecule has 4 bridgehead atoms. The van der Waals surface area contributed by atoms with E-state index in [1.807, 2.05) is 12.1 Å². The van der Waals surface area contributed by atoms with Crippen LogP contribution in [0.5, 0.6) is 0 Å². The number of nitrogen functional groups attached to an aromatic ring is 1. The van der Waals surface area contributed by atoms with Crippen LogP contribution in [0.4, 0.5) is 11.5 Å². The van der Waals surface area contributed by atoms with Crippen molar-refractivity contribution in [2.45, 2.75) is 56.9 Å². The predicted octanol–water partition coefficient (Wildman–Crippen LogP) is 3.32. The highest BCUT2D eigenvalue weighted by molar-refractivity contribution is 5.90. The molecule has 29 heavy (non-hydrogen) atoms. The standard InChI is InChI=1S/C23H28N4O2/c24-20-5-7-25-22(29)27(20)8-6-21(28)26-19-3-1-18(2-4-19)23-12-15-9-16(13-23)11-17(10-15)14-23/h1-5,7,15-17H,6,8-14,24H2,(H,26,28). The molecule has 1 heterocycles. The van der Waals surface area contributed by atoms with Gasteiger partial charge in [0.25, 0.3) is 0 Å². The molecule has 1 aromatic carbocycles. The Hall–Kier alpha value is -2.63. The first-order chi connectivity index (χ1) is 14.0. The van der Waals surface area contributed by atoms with Gasteiger partial charge in [-0.15, -0.1) is 0 Å². The van der Waals surface area contributed by atoms with Gasteiger partial charge < -0.3 is 11.1 Å². The molecule has 1 amide bonds. The van der Waals surface area contributed by atoms with Gasteiger partial charge in [0.15, 0.2) is 0 Å². The smallest absolute Gasteiger partial charge is 0.349 e. The lowest BCUT2D eigenvalue weighted by Gasteiger charge is -2.57. The second-order valence-corrected chi connectivity index (χ2v) is 9.38. The molecule has 1 aromatic heterocycles. The van der Waals surface area contributed by atoms with Gasteiger partial charge in [-0.2, -0.15) is 0 Å². The van der Waals surface area contributed by atoms with E-state index in [1.54, 1.807) is 6.07 Å². The number of aromatic nitrogens is 2. The summed E-state index contributed by atoms with van der Waals surface area (Å²) < 4.78 is 1.32. The third kappa shape index (κ3) is 3.45. The van der Waals surface area contributed by atoms with Crippen molar-refractivity contribution in [2.24, 2.45) is 17.8 Å². The Morgan fingerprint density at radius 1 is 1.07 bits per heavy atom. The number of nitrogens with zero attached hydrogens (tertiary/aromatic N) is 2. The monoisotopic (exact) mass is 392 g/mol. The van der Waals surface area contributed by atoms with Crippen molar-refractivity contribution in [3.8, 4) is 0 Å². The summed E-state index contributed by atoms with van der Waals surface area (Å²) >= 11 is 0. The maximum atomic E-state index is 12.3. The topological polar surface area (TPSA) is 90.0 Å². The number of rotatable bonds is 5. The number of benzene rings is 1. The molecular weight excluding hydrogens is 364 g/mol. The van der Waals surface area contributed by atoms with Gasteiger partial charge in [-0.05, 0) is 85.5 Å². The molecule has 6 heteroatoms. The second kappa shape index (κ2) is 7.01. The Labute approximate surface area is 170 Å². The van der Waals surface area contributed by atoms with Gasteiger partial charge in [0.1, 0.15) is 5.82 Å². The van der Waals surface area contributed by atoms with E-state index in [9.17, 15) is 9.59 Å². The number of carbonyl (C=O) groups is 1. The van der Waals surface area contributed by atoms with Crippen LogP contribution in [0.15, 0.2) is 41.3 Å². The largest absolute Gasteiger partial charge is 0.385 e. The van der Waals surface area contributed by atoms with Gasteiger partial charge in [0.05, 0.1) is 0 Å². The van der Waals surface area contributed by atoms with Crippen LogP contribution in [-0.4, -0.2) is 15.5 Å². The summed E-state index contributed by atoms with van der Waals surface area (Å²) in [5.41, 5.74) is 7.98. The van der Waals surface area contributed by atoms with Gasteiger partial charge >= 0.3 is 5.69 Å². The van der Waals surface area contributed by atoms with Crippen LogP contribution in [0.3, 0.4) is 0 Å². The van der Waals surface area contributed by atoms with Gasteiger partial charge in [-0.3, -0.25) is 9.36 Å². The molecule has 152 valence electrons. The Morgan fingerprint density at radius 2 is 1.69 bits per heavy atom. The zero-order valence-corrected chi connectivity index (χ0v) is 16.6. The number of carbonyl (C=O) groups excluding carboxylic acids is 1. The molecule has 4 fully saturated rings. The van der Waals surface area contributed by atoms with Crippen molar-refractivity contribution in [2.75, 3.05) is 11.1 Å². The molecule has 0 atom stereocenters. The summed E-state index contributed by atoms with van der Waals surface area (Å²) in [7, 11) is 0. The first-order valence-corrected chi connectivity index (χ1v) is 10.7. The maximum Gasteiger partial charge on any atom is 0.349 e. The molecule has 4 aliphatic rings. The lowest BCUT2D eigenvalue weighted by Crippen LogP contribution is -2.48. The summed E-state index contributed by atoms with van der Waals surface area (Å²) in [6.45, 7) is 0.218. The second-order valence-electron chi connectivity index (χ2n) is 9.38. The summed E-state index contributed by atoms with van der Waals surface area (Å²) in [5, 5.41) is 2.94. The SMILES string of the molecule is Nc1ccnc(=O)n1CCC(=O)Nc1ccc(C23CC4CC(CC(C4)C2)C3)cc1. The van der Waals surface area contributed by atoms with Crippen molar-refractivity contribution >= 4 is 17.4 Å². The normalized spacial score (nSPS) is 29.7. The van der Waals surface area contributed by atoms with Crippen LogP contribution in [0.1, 0.15) is 50.5 Å². The van der Waals surface area contributed by atoms with Crippen molar-refractivity contribution in [1.82, 2.24) is 9.55 Å². The molecule has 4 aliphatic carbocycles. The van der Waals surface area contributed by atoms with E-state index < -0.39 is 5.69 Å². The minimum atomic E-state index is -0.433. The van der Waals surface area contributed by atoms with Gasteiger partial charge in [0.2, 0.25) is 5.91 Å². The number of hydrogen-bond acceptors (Lipinski definition) is 4. The third-order valence-corrected chi connectivity index (χ3v) is 7.35. The number of amides is 1. The molecule has 0 aliphatic heterocycles. The number of nitrogens with two attached hydrogens (primary N) is 1. The van der Waals surface area contributed by atoms with Crippen LogP contribution in [0.25, 0.3) is 0 Å². The van der Waals surface area contributed by atoms with Crippen LogP contribution in [0.2, 0.25) is 0 Å². The lowest BCUT2D eigenvalue weighted by atomic mass is 9.48. The highest BCUT2D eigenvalue weighted by Gasteiger charge is 2.51. The summed E-state index contributed by atoms with van der Waals surface area (Å²) in [4.78, 5) is 27.8. The minimum Gasteiger partial charge on any atom is -0.385 e. The Bertz CT molecular complexity index is 944. The molecular formula is C23H28N4O2. The molecule has 4 saturated carbocycles. The molecule has 6 rings (SSSR count). The quantitative estimate of drug-likeness (QED) is 0.817. The highest BCUT2D eigenvalue weighted by atomic mass is 16.2. The average molecular weight is 393 g/mol. The van der Waals surface area contributed by atoms with E-state index in [-0.39, 0.29) is 18.9 Å². The maximum absolute atomic E-state index is 12.3. The Balaban J connectivity index is 1.23. The first kappa shape index (κ1) is 18.4.